The maximum absolute atomic E-state index is 12.9. The summed E-state index contributed by atoms with van der Waals surface area (Å²) in [6, 6.07) is 12.4. The molecule has 0 saturated carbocycles. The molecule has 0 unspecified atom stereocenters. The minimum Gasteiger partial charge on any atom is -0.497 e. The lowest BCUT2D eigenvalue weighted by Crippen LogP contribution is -2.10. The first-order valence-corrected chi connectivity index (χ1v) is 8.84. The SMILES string of the molecule is COc1cccc(C=C2CCc3c2oc2cc(OCC(=O)O)ccc2c3=O)c1. The highest BCUT2D eigenvalue weighted by Crippen LogP contribution is 2.35. The first-order chi connectivity index (χ1) is 13.5. The molecule has 0 fully saturated rings. The van der Waals surface area contributed by atoms with Crippen molar-refractivity contribution in [2.45, 2.75) is 12.8 Å². The Kier molecular flexibility index (Phi) is 4.61. The number of hydrogen-bond donors (Lipinski definition) is 1. The Bertz CT molecular complexity index is 1160. The van der Waals surface area contributed by atoms with Crippen LogP contribution in [0.1, 0.15) is 23.3 Å². The van der Waals surface area contributed by atoms with Crippen LogP contribution >= 0.6 is 0 Å². The highest BCUT2D eigenvalue weighted by atomic mass is 16.5. The second-order valence-corrected chi connectivity index (χ2v) is 6.53. The van der Waals surface area contributed by atoms with E-state index >= 15 is 0 Å². The van der Waals surface area contributed by atoms with Gasteiger partial charge in [-0.3, -0.25) is 4.79 Å². The van der Waals surface area contributed by atoms with Crippen LogP contribution < -0.4 is 14.9 Å². The number of aliphatic carboxylic acids is 1. The van der Waals surface area contributed by atoms with E-state index in [-0.39, 0.29) is 5.43 Å². The van der Waals surface area contributed by atoms with Gasteiger partial charge in [-0.1, -0.05) is 12.1 Å². The van der Waals surface area contributed by atoms with Crippen LogP contribution in [0, 0.1) is 0 Å². The molecule has 1 aliphatic carbocycles. The molecule has 0 saturated heterocycles. The van der Waals surface area contributed by atoms with Crippen LogP contribution in [-0.2, 0) is 11.2 Å². The second-order valence-electron chi connectivity index (χ2n) is 6.53. The Hall–Kier alpha value is -3.54. The molecule has 6 nitrogen and oxygen atoms in total. The lowest BCUT2D eigenvalue weighted by molar-refractivity contribution is -0.139. The van der Waals surface area contributed by atoms with E-state index in [1.165, 1.54) is 0 Å². The van der Waals surface area contributed by atoms with Crippen molar-refractivity contribution < 1.29 is 23.8 Å². The summed E-state index contributed by atoms with van der Waals surface area (Å²) in [6.07, 6.45) is 3.33. The van der Waals surface area contributed by atoms with Crippen molar-refractivity contribution in [1.29, 1.82) is 0 Å². The zero-order valence-electron chi connectivity index (χ0n) is 15.2. The lowest BCUT2D eigenvalue weighted by atomic mass is 10.1. The van der Waals surface area contributed by atoms with E-state index < -0.39 is 12.6 Å². The second kappa shape index (κ2) is 7.23. The van der Waals surface area contributed by atoms with Crippen LogP contribution in [-0.4, -0.2) is 24.8 Å². The number of fused-ring (bicyclic) bond motifs is 2. The highest BCUT2D eigenvalue weighted by Gasteiger charge is 2.24. The Morgan fingerprint density at radius 2 is 2.04 bits per heavy atom. The Morgan fingerprint density at radius 3 is 2.82 bits per heavy atom. The Labute approximate surface area is 160 Å². The fourth-order valence-corrected chi connectivity index (χ4v) is 3.38. The van der Waals surface area contributed by atoms with Gasteiger partial charge in [0.2, 0.25) is 0 Å². The molecule has 0 atom stereocenters. The van der Waals surface area contributed by atoms with Crippen LogP contribution in [0.25, 0.3) is 22.6 Å². The number of methoxy groups -OCH3 is 1. The average Bonchev–Trinajstić information content (AvgIpc) is 3.09. The first kappa shape index (κ1) is 17.9. The van der Waals surface area contributed by atoms with Crippen molar-refractivity contribution in [3.05, 3.63) is 69.6 Å². The number of benzene rings is 2. The molecule has 1 aliphatic rings. The van der Waals surface area contributed by atoms with E-state index in [0.717, 1.165) is 16.9 Å². The van der Waals surface area contributed by atoms with Crippen LogP contribution in [0.5, 0.6) is 11.5 Å². The van der Waals surface area contributed by atoms with Gasteiger partial charge in [0.1, 0.15) is 22.8 Å². The number of carboxylic acids is 1. The molecular weight excluding hydrogens is 360 g/mol. The molecule has 1 heterocycles. The summed E-state index contributed by atoms with van der Waals surface area (Å²) in [5, 5.41) is 9.22. The summed E-state index contributed by atoms with van der Waals surface area (Å²) in [6.45, 7) is -0.457. The molecule has 0 aliphatic heterocycles. The predicted octanol–water partition coefficient (Wildman–Crippen LogP) is 3.75. The fourth-order valence-electron chi connectivity index (χ4n) is 3.38. The maximum Gasteiger partial charge on any atom is 0.341 e. The quantitative estimate of drug-likeness (QED) is 0.728. The number of rotatable bonds is 5. The molecule has 0 radical (unpaired) electrons. The predicted molar refractivity (Wildman–Crippen MR) is 105 cm³/mol. The van der Waals surface area contributed by atoms with Crippen molar-refractivity contribution in [2.24, 2.45) is 0 Å². The minimum atomic E-state index is -1.07. The molecule has 6 heteroatoms. The van der Waals surface area contributed by atoms with E-state index in [1.807, 2.05) is 30.3 Å². The van der Waals surface area contributed by atoms with E-state index in [1.54, 1.807) is 25.3 Å². The van der Waals surface area contributed by atoms with Crippen LogP contribution in [0.15, 0.2) is 51.7 Å². The molecule has 1 aromatic heterocycles. The van der Waals surface area contributed by atoms with E-state index in [4.69, 9.17) is 19.0 Å². The molecule has 0 bridgehead atoms. The monoisotopic (exact) mass is 378 g/mol. The van der Waals surface area contributed by atoms with Gasteiger partial charge in [-0.15, -0.1) is 0 Å². The molecular formula is C22H18O6. The minimum absolute atomic E-state index is 0.0601. The molecule has 1 N–H and O–H groups in total. The summed E-state index contributed by atoms with van der Waals surface area (Å²) < 4.78 is 16.5. The fraction of sp³-hybridized carbons (Fsp3) is 0.182. The van der Waals surface area contributed by atoms with Crippen molar-refractivity contribution in [3.8, 4) is 11.5 Å². The zero-order chi connectivity index (χ0) is 19.7. The van der Waals surface area contributed by atoms with Crippen LogP contribution in [0.3, 0.4) is 0 Å². The van der Waals surface area contributed by atoms with E-state index in [0.29, 0.717) is 40.9 Å². The molecule has 3 aromatic rings. The summed E-state index contributed by atoms with van der Waals surface area (Å²) in [7, 11) is 1.62. The lowest BCUT2D eigenvalue weighted by Gasteiger charge is -2.07. The maximum atomic E-state index is 12.9. The number of carbonyl (C=O) groups is 1. The normalized spacial score (nSPS) is 14.2. The Morgan fingerprint density at radius 1 is 1.18 bits per heavy atom. The molecule has 0 spiro atoms. The molecule has 142 valence electrons. The molecule has 0 amide bonds. The Balaban J connectivity index is 1.77. The first-order valence-electron chi connectivity index (χ1n) is 8.84. The summed E-state index contributed by atoms with van der Waals surface area (Å²) in [5.41, 5.74) is 2.89. The van der Waals surface area contributed by atoms with Crippen molar-refractivity contribution >= 4 is 28.6 Å². The summed E-state index contributed by atoms with van der Waals surface area (Å²) >= 11 is 0. The third kappa shape index (κ3) is 3.36. The smallest absolute Gasteiger partial charge is 0.341 e. The largest absolute Gasteiger partial charge is 0.497 e. The van der Waals surface area contributed by atoms with Gasteiger partial charge in [-0.2, -0.15) is 0 Å². The van der Waals surface area contributed by atoms with Crippen molar-refractivity contribution in [1.82, 2.24) is 0 Å². The molecule has 28 heavy (non-hydrogen) atoms. The number of carboxylic acid groups (broad SMARTS) is 1. The van der Waals surface area contributed by atoms with Crippen molar-refractivity contribution in [3.63, 3.8) is 0 Å². The third-order valence-electron chi connectivity index (χ3n) is 4.69. The van der Waals surface area contributed by atoms with Gasteiger partial charge in [0.15, 0.2) is 12.0 Å². The van der Waals surface area contributed by atoms with Gasteiger partial charge in [0.25, 0.3) is 0 Å². The third-order valence-corrected chi connectivity index (χ3v) is 4.69. The van der Waals surface area contributed by atoms with Gasteiger partial charge in [-0.25, -0.2) is 4.79 Å². The number of ether oxygens (including phenoxy) is 2. The van der Waals surface area contributed by atoms with E-state index in [9.17, 15) is 9.59 Å². The topological polar surface area (TPSA) is 86.0 Å². The summed E-state index contributed by atoms with van der Waals surface area (Å²) in [4.78, 5) is 23.5. The van der Waals surface area contributed by atoms with Gasteiger partial charge in [-0.05, 0) is 54.3 Å². The highest BCUT2D eigenvalue weighted by molar-refractivity contribution is 5.87. The zero-order valence-corrected chi connectivity index (χ0v) is 15.2. The van der Waals surface area contributed by atoms with Gasteiger partial charge in [0, 0.05) is 11.6 Å². The van der Waals surface area contributed by atoms with Gasteiger partial charge >= 0.3 is 5.97 Å². The number of allylic oxidation sites excluding steroid dienone is 1. The van der Waals surface area contributed by atoms with E-state index in [2.05, 4.69) is 0 Å². The number of hydrogen-bond acceptors (Lipinski definition) is 5. The van der Waals surface area contributed by atoms with Gasteiger partial charge in [0.05, 0.1) is 12.5 Å². The summed E-state index contributed by atoms with van der Waals surface area (Å²) in [5.74, 6) is 0.608. The van der Waals surface area contributed by atoms with Crippen LogP contribution in [0.4, 0.5) is 0 Å². The van der Waals surface area contributed by atoms with Crippen molar-refractivity contribution in [2.75, 3.05) is 13.7 Å². The molecule has 4 rings (SSSR count). The van der Waals surface area contributed by atoms with Crippen LogP contribution in [0.2, 0.25) is 0 Å². The molecule has 2 aromatic carbocycles. The standard InChI is InChI=1S/C22H18O6/c1-26-15-4-2-3-13(10-15)9-14-5-7-18-21(25)17-8-6-16(27-12-20(23)24)11-19(17)28-22(14)18/h2-4,6,8-11H,5,7,12H2,1H3,(H,23,24). The average molecular weight is 378 g/mol. The van der Waals surface area contributed by atoms with Gasteiger partial charge < -0.3 is 19.0 Å².